The van der Waals surface area contributed by atoms with Gasteiger partial charge in [-0.15, -0.1) is 0 Å². The minimum absolute atomic E-state index is 0.247. The highest BCUT2D eigenvalue weighted by atomic mass is 15.2. The molecule has 2 heterocycles. The summed E-state index contributed by atoms with van der Waals surface area (Å²) >= 11 is 0. The van der Waals surface area contributed by atoms with Gasteiger partial charge >= 0.3 is 0 Å². The number of nitrogens with zero attached hydrogens (tertiary/aromatic N) is 2. The molecule has 1 unspecified atom stereocenters. The molecule has 2 N–H and O–H groups in total. The largest absolute Gasteiger partial charge is 0.363 e. The first-order valence-corrected chi connectivity index (χ1v) is 6.34. The fraction of sp³-hybridized carbons (Fsp3) is 0.267. The first-order valence-electron chi connectivity index (χ1n) is 6.34. The van der Waals surface area contributed by atoms with Gasteiger partial charge in [0.1, 0.15) is 0 Å². The van der Waals surface area contributed by atoms with Gasteiger partial charge in [-0.05, 0) is 35.7 Å². The highest BCUT2D eigenvalue weighted by molar-refractivity contribution is 5.59. The maximum Gasteiger partial charge on any atom is 0.0666 e. The van der Waals surface area contributed by atoms with Crippen LogP contribution in [0.5, 0.6) is 0 Å². The molecule has 0 radical (unpaired) electrons. The van der Waals surface area contributed by atoms with Gasteiger partial charge in [-0.1, -0.05) is 18.2 Å². The van der Waals surface area contributed by atoms with Crippen LogP contribution in [0, 0.1) is 0 Å². The van der Waals surface area contributed by atoms with Gasteiger partial charge in [0.15, 0.2) is 0 Å². The van der Waals surface area contributed by atoms with Crippen molar-refractivity contribution in [2.75, 3.05) is 18.0 Å². The number of rotatable bonds is 3. The summed E-state index contributed by atoms with van der Waals surface area (Å²) in [4.78, 5) is 6.48. The van der Waals surface area contributed by atoms with Crippen molar-refractivity contribution < 1.29 is 0 Å². The normalized spacial score (nSPS) is 15.5. The van der Waals surface area contributed by atoms with Crippen molar-refractivity contribution in [3.8, 4) is 0 Å². The SMILES string of the molecule is NCC(c1ccncc1)N1CCc2ccccc21. The Morgan fingerprint density at radius 3 is 2.72 bits per heavy atom. The number of para-hydroxylation sites is 1. The molecule has 0 amide bonds. The van der Waals surface area contributed by atoms with Crippen LogP contribution in [-0.4, -0.2) is 18.1 Å². The molecule has 1 aromatic carbocycles. The molecule has 0 aliphatic carbocycles. The maximum atomic E-state index is 5.98. The third-order valence-corrected chi connectivity index (χ3v) is 3.61. The number of fused-ring (bicyclic) bond motifs is 1. The highest BCUT2D eigenvalue weighted by Crippen LogP contribution is 2.34. The molecule has 0 saturated carbocycles. The monoisotopic (exact) mass is 239 g/mol. The van der Waals surface area contributed by atoms with Crippen molar-refractivity contribution in [3.05, 3.63) is 59.9 Å². The van der Waals surface area contributed by atoms with Crippen LogP contribution in [0.15, 0.2) is 48.8 Å². The molecule has 0 bridgehead atoms. The van der Waals surface area contributed by atoms with Crippen LogP contribution < -0.4 is 10.6 Å². The van der Waals surface area contributed by atoms with E-state index in [9.17, 15) is 0 Å². The van der Waals surface area contributed by atoms with Crippen molar-refractivity contribution in [2.24, 2.45) is 5.73 Å². The first-order chi connectivity index (χ1) is 8.90. The first kappa shape index (κ1) is 11.2. The van der Waals surface area contributed by atoms with E-state index in [1.165, 1.54) is 16.8 Å². The van der Waals surface area contributed by atoms with E-state index in [2.05, 4.69) is 46.3 Å². The standard InChI is InChI=1S/C15H17N3/c16-11-15(13-5-8-17-9-6-13)18-10-7-12-3-1-2-4-14(12)18/h1-6,8-9,15H,7,10-11,16H2. The lowest BCUT2D eigenvalue weighted by atomic mass is 10.1. The van der Waals surface area contributed by atoms with Crippen LogP contribution in [0.2, 0.25) is 0 Å². The quantitative estimate of drug-likeness (QED) is 0.892. The smallest absolute Gasteiger partial charge is 0.0666 e. The van der Waals surface area contributed by atoms with Gasteiger partial charge < -0.3 is 10.6 Å². The second-order valence-electron chi connectivity index (χ2n) is 4.60. The molecule has 18 heavy (non-hydrogen) atoms. The number of hydrogen-bond acceptors (Lipinski definition) is 3. The van der Waals surface area contributed by atoms with E-state index in [1.54, 1.807) is 0 Å². The van der Waals surface area contributed by atoms with Crippen LogP contribution in [0.3, 0.4) is 0 Å². The summed E-state index contributed by atoms with van der Waals surface area (Å²) in [5.41, 5.74) is 9.96. The summed E-state index contributed by atoms with van der Waals surface area (Å²) < 4.78 is 0. The molecule has 0 spiro atoms. The molecule has 92 valence electrons. The number of hydrogen-bond donors (Lipinski definition) is 1. The molecule has 0 saturated heterocycles. The summed E-state index contributed by atoms with van der Waals surface area (Å²) in [5, 5.41) is 0. The van der Waals surface area contributed by atoms with E-state index in [0.29, 0.717) is 6.54 Å². The third kappa shape index (κ3) is 1.87. The molecule has 1 aliphatic heterocycles. The lowest BCUT2D eigenvalue weighted by Gasteiger charge is -2.29. The molecule has 3 heteroatoms. The minimum Gasteiger partial charge on any atom is -0.363 e. The summed E-state index contributed by atoms with van der Waals surface area (Å²) in [5.74, 6) is 0. The van der Waals surface area contributed by atoms with Crippen molar-refractivity contribution in [1.29, 1.82) is 0 Å². The van der Waals surface area contributed by atoms with Gasteiger partial charge in [-0.2, -0.15) is 0 Å². The van der Waals surface area contributed by atoms with E-state index in [-0.39, 0.29) is 6.04 Å². The zero-order chi connectivity index (χ0) is 12.4. The van der Waals surface area contributed by atoms with Crippen molar-refractivity contribution in [3.63, 3.8) is 0 Å². The van der Waals surface area contributed by atoms with Crippen LogP contribution in [0.4, 0.5) is 5.69 Å². The Morgan fingerprint density at radius 1 is 1.17 bits per heavy atom. The third-order valence-electron chi connectivity index (χ3n) is 3.61. The van der Waals surface area contributed by atoms with E-state index in [0.717, 1.165) is 13.0 Å². The van der Waals surface area contributed by atoms with Gasteiger partial charge in [0, 0.05) is 31.2 Å². The average Bonchev–Trinajstić information content (AvgIpc) is 2.85. The van der Waals surface area contributed by atoms with Crippen LogP contribution in [0.1, 0.15) is 17.2 Å². The zero-order valence-corrected chi connectivity index (χ0v) is 10.3. The average molecular weight is 239 g/mol. The van der Waals surface area contributed by atoms with Gasteiger partial charge in [0.2, 0.25) is 0 Å². The molecule has 0 fully saturated rings. The number of benzene rings is 1. The molecular formula is C15H17N3. The van der Waals surface area contributed by atoms with Gasteiger partial charge in [0.05, 0.1) is 6.04 Å². The number of aromatic nitrogens is 1. The van der Waals surface area contributed by atoms with Crippen LogP contribution in [0.25, 0.3) is 0 Å². The predicted octanol–water partition coefficient (Wildman–Crippen LogP) is 2.14. The van der Waals surface area contributed by atoms with Crippen molar-refractivity contribution in [1.82, 2.24) is 4.98 Å². The fourth-order valence-corrected chi connectivity index (χ4v) is 2.72. The Bertz CT molecular complexity index is 524. The topological polar surface area (TPSA) is 42.1 Å². The number of anilines is 1. The van der Waals surface area contributed by atoms with E-state index < -0.39 is 0 Å². The van der Waals surface area contributed by atoms with Gasteiger partial charge in [-0.3, -0.25) is 4.98 Å². The summed E-state index contributed by atoms with van der Waals surface area (Å²) in [6.45, 7) is 1.67. The molecule has 1 atom stereocenters. The highest BCUT2D eigenvalue weighted by Gasteiger charge is 2.25. The lowest BCUT2D eigenvalue weighted by molar-refractivity contribution is 0.648. The van der Waals surface area contributed by atoms with E-state index in [4.69, 9.17) is 5.73 Å². The number of pyridine rings is 1. The molecule has 3 nitrogen and oxygen atoms in total. The van der Waals surface area contributed by atoms with Crippen molar-refractivity contribution in [2.45, 2.75) is 12.5 Å². The molecule has 3 rings (SSSR count). The zero-order valence-electron chi connectivity index (χ0n) is 10.3. The second kappa shape index (κ2) is 4.78. The van der Waals surface area contributed by atoms with Crippen LogP contribution in [-0.2, 0) is 6.42 Å². The maximum absolute atomic E-state index is 5.98. The summed E-state index contributed by atoms with van der Waals surface area (Å²) in [7, 11) is 0. The fourth-order valence-electron chi connectivity index (χ4n) is 2.72. The minimum atomic E-state index is 0.247. The van der Waals surface area contributed by atoms with Gasteiger partial charge in [-0.25, -0.2) is 0 Å². The summed E-state index contributed by atoms with van der Waals surface area (Å²) in [6.07, 6.45) is 4.78. The molecule has 1 aromatic heterocycles. The Kier molecular flexibility index (Phi) is 2.99. The molecule has 2 aromatic rings. The Labute approximate surface area is 107 Å². The Hall–Kier alpha value is -1.87. The Morgan fingerprint density at radius 2 is 1.94 bits per heavy atom. The molecule has 1 aliphatic rings. The summed E-state index contributed by atoms with van der Waals surface area (Å²) in [6, 6.07) is 12.9. The Balaban J connectivity index is 1.95. The second-order valence-corrected chi connectivity index (χ2v) is 4.60. The molecular weight excluding hydrogens is 222 g/mol. The lowest BCUT2D eigenvalue weighted by Crippen LogP contribution is -2.32. The van der Waals surface area contributed by atoms with E-state index >= 15 is 0 Å². The van der Waals surface area contributed by atoms with Crippen LogP contribution >= 0.6 is 0 Å². The van der Waals surface area contributed by atoms with Crippen molar-refractivity contribution >= 4 is 5.69 Å². The van der Waals surface area contributed by atoms with Gasteiger partial charge in [0.25, 0.3) is 0 Å². The predicted molar refractivity (Wildman–Crippen MR) is 73.5 cm³/mol. The number of nitrogens with two attached hydrogens (primary N) is 1. The van der Waals surface area contributed by atoms with E-state index in [1.807, 2.05) is 12.4 Å².